The maximum absolute atomic E-state index is 12.5. The van der Waals surface area contributed by atoms with Gasteiger partial charge in [-0.3, -0.25) is 4.79 Å². The molecule has 1 aromatic carbocycles. The number of nitrogens with one attached hydrogen (secondary N) is 3. The molecule has 6 nitrogen and oxygen atoms in total. The predicted molar refractivity (Wildman–Crippen MR) is 98.5 cm³/mol. The van der Waals surface area contributed by atoms with Crippen LogP contribution in [0, 0.1) is 6.92 Å². The molecule has 1 saturated heterocycles. The highest BCUT2D eigenvalue weighted by Gasteiger charge is 2.30. The molecule has 25 heavy (non-hydrogen) atoms. The number of carbonyl (C=O) groups is 1. The van der Waals surface area contributed by atoms with Crippen LogP contribution >= 0.6 is 11.3 Å². The van der Waals surface area contributed by atoms with Crippen molar-refractivity contribution in [3.05, 3.63) is 45.4 Å². The minimum absolute atomic E-state index is 0.00556. The molecule has 2 unspecified atom stereocenters. The highest BCUT2D eigenvalue weighted by atomic mass is 32.1. The minimum atomic E-state index is -0.254. The molecule has 2 heterocycles. The monoisotopic (exact) mass is 360 g/mol. The smallest absolute Gasteiger partial charge is 0.238 e. The van der Waals surface area contributed by atoms with E-state index in [2.05, 4.69) is 28.1 Å². The van der Waals surface area contributed by atoms with Gasteiger partial charge in [0.05, 0.1) is 24.4 Å². The average Bonchev–Trinajstić information content (AvgIpc) is 3.26. The molecule has 1 aromatic heterocycles. The second-order valence-electron chi connectivity index (χ2n) is 6.08. The lowest BCUT2D eigenvalue weighted by atomic mass is 10.0. The number of rotatable bonds is 6. The summed E-state index contributed by atoms with van der Waals surface area (Å²) in [7, 11) is 1.65. The van der Waals surface area contributed by atoms with Crippen molar-refractivity contribution in [1.82, 2.24) is 21.2 Å². The summed E-state index contributed by atoms with van der Waals surface area (Å²) in [6.45, 7) is 4.62. The molecule has 0 saturated carbocycles. The van der Waals surface area contributed by atoms with E-state index in [1.54, 1.807) is 18.4 Å². The molecule has 0 radical (unpaired) electrons. The van der Waals surface area contributed by atoms with Gasteiger partial charge in [0.1, 0.15) is 11.8 Å². The third kappa shape index (κ3) is 4.18. The quantitative estimate of drug-likeness (QED) is 0.737. The number of benzene rings is 1. The molecular formula is C18H24N4O2S. The SMILES string of the molecule is CCc1nc(C)sc1CNC(=O)C1CC(c2cccc(OC)c2)NN1. The van der Waals surface area contributed by atoms with Crippen LogP contribution in [0.15, 0.2) is 24.3 Å². The second-order valence-corrected chi connectivity index (χ2v) is 7.37. The van der Waals surface area contributed by atoms with E-state index in [1.807, 2.05) is 31.2 Å². The Bertz CT molecular complexity index is 746. The number of carbonyl (C=O) groups excluding carboxylic acids is 1. The van der Waals surface area contributed by atoms with Crippen LogP contribution in [0.1, 0.15) is 40.5 Å². The Labute approximate surface area is 152 Å². The molecule has 1 aliphatic heterocycles. The van der Waals surface area contributed by atoms with E-state index in [9.17, 15) is 4.79 Å². The van der Waals surface area contributed by atoms with Crippen LogP contribution in [0.25, 0.3) is 0 Å². The van der Waals surface area contributed by atoms with Gasteiger partial charge in [-0.25, -0.2) is 15.8 Å². The molecule has 2 aromatic rings. The molecule has 1 aliphatic rings. The number of ether oxygens (including phenoxy) is 1. The molecule has 7 heteroatoms. The number of aromatic nitrogens is 1. The lowest BCUT2D eigenvalue weighted by molar-refractivity contribution is -0.123. The first-order valence-corrected chi connectivity index (χ1v) is 9.30. The number of thiazole rings is 1. The Kier molecular flexibility index (Phi) is 5.67. The standard InChI is InChI=1S/C18H24N4O2S/c1-4-14-17(25-11(2)20-14)10-19-18(23)16-9-15(21-22-16)12-6-5-7-13(8-12)24-3/h5-8,15-16,21-22H,4,9-10H2,1-3H3,(H,19,23). The third-order valence-corrected chi connectivity index (χ3v) is 5.37. The van der Waals surface area contributed by atoms with Crippen molar-refractivity contribution in [3.63, 3.8) is 0 Å². The largest absolute Gasteiger partial charge is 0.497 e. The summed E-state index contributed by atoms with van der Waals surface area (Å²) >= 11 is 1.65. The molecule has 1 fully saturated rings. The van der Waals surface area contributed by atoms with Gasteiger partial charge < -0.3 is 10.1 Å². The van der Waals surface area contributed by atoms with Gasteiger partial charge in [-0.1, -0.05) is 19.1 Å². The summed E-state index contributed by atoms with van der Waals surface area (Å²) in [6.07, 6.45) is 1.58. The van der Waals surface area contributed by atoms with Crippen LogP contribution in [0.5, 0.6) is 5.75 Å². The van der Waals surface area contributed by atoms with Crippen LogP contribution in [0.3, 0.4) is 0 Å². The molecular weight excluding hydrogens is 336 g/mol. The van der Waals surface area contributed by atoms with Crippen molar-refractivity contribution < 1.29 is 9.53 Å². The summed E-state index contributed by atoms with van der Waals surface area (Å²) in [6, 6.07) is 7.74. The van der Waals surface area contributed by atoms with Crippen molar-refractivity contribution in [3.8, 4) is 5.75 Å². The fourth-order valence-electron chi connectivity index (χ4n) is 3.02. The number of hydrogen-bond donors (Lipinski definition) is 3. The fraction of sp³-hybridized carbons (Fsp3) is 0.444. The van der Waals surface area contributed by atoms with Gasteiger partial charge in [0.15, 0.2) is 0 Å². The molecule has 1 amide bonds. The first-order chi connectivity index (χ1) is 12.1. The van der Waals surface area contributed by atoms with Crippen LogP contribution in [0.2, 0.25) is 0 Å². The van der Waals surface area contributed by atoms with Crippen molar-refractivity contribution in [2.24, 2.45) is 0 Å². The minimum Gasteiger partial charge on any atom is -0.497 e. The summed E-state index contributed by atoms with van der Waals surface area (Å²) < 4.78 is 5.27. The number of methoxy groups -OCH3 is 1. The van der Waals surface area contributed by atoms with E-state index in [4.69, 9.17) is 4.74 Å². The fourth-order valence-corrected chi connectivity index (χ4v) is 3.99. The summed E-state index contributed by atoms with van der Waals surface area (Å²) in [5.41, 5.74) is 8.48. The Morgan fingerprint density at radius 1 is 1.44 bits per heavy atom. The van der Waals surface area contributed by atoms with Crippen LogP contribution < -0.4 is 20.9 Å². The molecule has 0 aliphatic carbocycles. The Hall–Kier alpha value is -1.96. The third-order valence-electron chi connectivity index (χ3n) is 4.36. The summed E-state index contributed by atoms with van der Waals surface area (Å²) in [5.74, 6) is 0.825. The van der Waals surface area contributed by atoms with Gasteiger partial charge in [0, 0.05) is 10.9 Å². The number of hydrazine groups is 1. The number of hydrogen-bond acceptors (Lipinski definition) is 6. The second kappa shape index (κ2) is 7.95. The predicted octanol–water partition coefficient (Wildman–Crippen LogP) is 2.25. The molecule has 0 spiro atoms. The van der Waals surface area contributed by atoms with Crippen LogP contribution in [-0.2, 0) is 17.8 Å². The zero-order valence-electron chi connectivity index (χ0n) is 14.8. The van der Waals surface area contributed by atoms with Gasteiger partial charge in [0.25, 0.3) is 0 Å². The molecule has 2 atom stereocenters. The lowest BCUT2D eigenvalue weighted by Gasteiger charge is -2.11. The van der Waals surface area contributed by atoms with Crippen molar-refractivity contribution in [2.45, 2.75) is 45.3 Å². The van der Waals surface area contributed by atoms with Gasteiger partial charge >= 0.3 is 0 Å². The van der Waals surface area contributed by atoms with Crippen molar-refractivity contribution >= 4 is 17.2 Å². The van der Waals surface area contributed by atoms with E-state index in [1.165, 1.54) is 0 Å². The number of amides is 1. The van der Waals surface area contributed by atoms with E-state index >= 15 is 0 Å². The highest BCUT2D eigenvalue weighted by Crippen LogP contribution is 2.25. The van der Waals surface area contributed by atoms with Crippen molar-refractivity contribution in [2.75, 3.05) is 7.11 Å². The highest BCUT2D eigenvalue weighted by molar-refractivity contribution is 7.11. The van der Waals surface area contributed by atoms with Gasteiger partial charge in [0.2, 0.25) is 5.91 Å². The van der Waals surface area contributed by atoms with E-state index in [0.29, 0.717) is 13.0 Å². The molecule has 0 bridgehead atoms. The lowest BCUT2D eigenvalue weighted by Crippen LogP contribution is -2.42. The topological polar surface area (TPSA) is 75.3 Å². The molecule has 3 N–H and O–H groups in total. The first-order valence-electron chi connectivity index (χ1n) is 8.48. The first kappa shape index (κ1) is 17.8. The zero-order valence-corrected chi connectivity index (χ0v) is 15.6. The summed E-state index contributed by atoms with van der Waals surface area (Å²) in [4.78, 5) is 18.1. The average molecular weight is 360 g/mol. The van der Waals surface area contributed by atoms with Gasteiger partial charge in [-0.2, -0.15) is 0 Å². The molecule has 3 rings (SSSR count). The van der Waals surface area contributed by atoms with Crippen LogP contribution in [-0.4, -0.2) is 24.0 Å². The van der Waals surface area contributed by atoms with E-state index in [-0.39, 0.29) is 18.0 Å². The van der Waals surface area contributed by atoms with Crippen LogP contribution in [0.4, 0.5) is 0 Å². The van der Waals surface area contributed by atoms with Gasteiger partial charge in [-0.15, -0.1) is 11.3 Å². The van der Waals surface area contributed by atoms with Gasteiger partial charge in [-0.05, 0) is 37.5 Å². The summed E-state index contributed by atoms with van der Waals surface area (Å²) in [5, 5.41) is 4.07. The van der Waals surface area contributed by atoms with Crippen molar-refractivity contribution in [1.29, 1.82) is 0 Å². The normalized spacial score (nSPS) is 19.8. The van der Waals surface area contributed by atoms with E-state index < -0.39 is 0 Å². The Morgan fingerprint density at radius 2 is 2.28 bits per heavy atom. The van der Waals surface area contributed by atoms with E-state index in [0.717, 1.165) is 33.3 Å². The Morgan fingerprint density at radius 3 is 3.04 bits per heavy atom. The molecule has 134 valence electrons. The maximum Gasteiger partial charge on any atom is 0.238 e. The number of aryl methyl sites for hydroxylation is 2. The number of nitrogens with zero attached hydrogens (tertiary/aromatic N) is 1. The maximum atomic E-state index is 12.5. The zero-order chi connectivity index (χ0) is 17.8. The Balaban J connectivity index is 1.57.